The van der Waals surface area contributed by atoms with Gasteiger partial charge in [0.25, 0.3) is 0 Å². The van der Waals surface area contributed by atoms with Crippen LogP contribution in [0.5, 0.6) is 0 Å². The smallest absolute Gasteiger partial charge is 0.247 e. The molecule has 1 fully saturated rings. The molecule has 0 radical (unpaired) electrons. The lowest BCUT2D eigenvalue weighted by Gasteiger charge is -2.29. The zero-order chi connectivity index (χ0) is 25.2. The molecule has 0 spiro atoms. The van der Waals surface area contributed by atoms with Gasteiger partial charge in [-0.05, 0) is 83.1 Å². The number of nitrogens with zero attached hydrogens (tertiary/aromatic N) is 4. The van der Waals surface area contributed by atoms with Gasteiger partial charge >= 0.3 is 0 Å². The molecule has 9 heteroatoms. The Bertz CT molecular complexity index is 1290. The normalized spacial score (nSPS) is 16.9. The van der Waals surface area contributed by atoms with Crippen LogP contribution in [0.3, 0.4) is 0 Å². The second-order valence-corrected chi connectivity index (χ2v) is 12.3. The third-order valence-electron chi connectivity index (χ3n) is 6.45. The summed E-state index contributed by atoms with van der Waals surface area (Å²) in [6, 6.07) is 12.3. The average Bonchev–Trinajstić information content (AvgIpc) is 3.48. The van der Waals surface area contributed by atoms with E-state index in [-0.39, 0.29) is 10.8 Å². The summed E-state index contributed by atoms with van der Waals surface area (Å²) in [4.78, 5) is 22.7. The number of anilines is 1. The number of amides is 1. The summed E-state index contributed by atoms with van der Waals surface area (Å²) >= 11 is 1.50. The maximum Gasteiger partial charge on any atom is 0.247 e. The summed E-state index contributed by atoms with van der Waals surface area (Å²) in [5.74, 6) is -0.188. The van der Waals surface area contributed by atoms with E-state index < -0.39 is 16.1 Å². The average molecular weight is 515 g/mol. The molecule has 1 saturated heterocycles. The van der Waals surface area contributed by atoms with Crippen LogP contribution in [0.25, 0.3) is 10.2 Å². The molecular formula is C26H34N4O3S2. The summed E-state index contributed by atoms with van der Waals surface area (Å²) in [6.07, 6.45) is 2.88. The molecular weight excluding hydrogens is 480 g/mol. The zero-order valence-electron chi connectivity index (χ0n) is 20.9. The number of benzene rings is 2. The van der Waals surface area contributed by atoms with Gasteiger partial charge in [0.15, 0.2) is 5.13 Å². The van der Waals surface area contributed by atoms with Gasteiger partial charge in [-0.2, -0.15) is 4.31 Å². The Balaban J connectivity index is 1.66. The minimum absolute atomic E-state index is 0.188. The Morgan fingerprint density at radius 1 is 1.14 bits per heavy atom. The predicted octanol–water partition coefficient (Wildman–Crippen LogP) is 4.31. The fraction of sp³-hybridized carbons (Fsp3) is 0.462. The van der Waals surface area contributed by atoms with Crippen molar-refractivity contribution in [3.8, 4) is 0 Å². The number of rotatable bonds is 9. The number of sulfonamides is 1. The number of fused-ring (bicyclic) bond motifs is 1. The van der Waals surface area contributed by atoms with E-state index in [2.05, 4.69) is 24.0 Å². The standard InChI is InChI=1S/C26H34N4O3S2/c1-5-20-11-14-22-24(18-20)34-26(27-22)29(16-7-15-28(3)4)25(31)23-8-6-17-30(23)35(32,33)21-12-9-19(2)10-13-21/h9-14,18,23H,5-8,15-17H2,1-4H3. The Morgan fingerprint density at radius 3 is 2.57 bits per heavy atom. The molecule has 7 nitrogen and oxygen atoms in total. The summed E-state index contributed by atoms with van der Waals surface area (Å²) in [5, 5.41) is 0.636. The van der Waals surface area contributed by atoms with E-state index in [9.17, 15) is 13.2 Å². The number of carbonyl (C=O) groups is 1. The van der Waals surface area contributed by atoms with Gasteiger partial charge in [-0.3, -0.25) is 9.69 Å². The Kier molecular flexibility index (Phi) is 7.90. The lowest BCUT2D eigenvalue weighted by Crippen LogP contribution is -2.48. The summed E-state index contributed by atoms with van der Waals surface area (Å²) < 4.78 is 29.4. The van der Waals surface area contributed by atoms with Crippen molar-refractivity contribution in [2.45, 2.75) is 50.5 Å². The number of hydrogen-bond acceptors (Lipinski definition) is 6. The Labute approximate surface area is 212 Å². The van der Waals surface area contributed by atoms with Crippen molar-refractivity contribution < 1.29 is 13.2 Å². The first-order chi connectivity index (χ1) is 16.7. The molecule has 0 aliphatic carbocycles. The first-order valence-corrected chi connectivity index (χ1v) is 14.4. The molecule has 2 heterocycles. The molecule has 3 aromatic rings. The molecule has 0 N–H and O–H groups in total. The predicted molar refractivity (Wildman–Crippen MR) is 143 cm³/mol. The summed E-state index contributed by atoms with van der Waals surface area (Å²) in [5.41, 5.74) is 3.08. The van der Waals surface area contributed by atoms with E-state index in [1.54, 1.807) is 29.2 Å². The molecule has 1 amide bonds. The molecule has 0 saturated carbocycles. The van der Waals surface area contributed by atoms with Crippen LogP contribution in [0.4, 0.5) is 5.13 Å². The highest BCUT2D eigenvalue weighted by atomic mass is 32.2. The van der Waals surface area contributed by atoms with E-state index in [0.717, 1.165) is 35.2 Å². The van der Waals surface area contributed by atoms with Gasteiger partial charge in [-0.25, -0.2) is 13.4 Å². The largest absolute Gasteiger partial charge is 0.309 e. The molecule has 35 heavy (non-hydrogen) atoms. The molecule has 1 aliphatic rings. The van der Waals surface area contributed by atoms with E-state index in [0.29, 0.717) is 31.1 Å². The topological polar surface area (TPSA) is 73.8 Å². The van der Waals surface area contributed by atoms with E-state index >= 15 is 0 Å². The van der Waals surface area contributed by atoms with Crippen molar-refractivity contribution in [2.75, 3.05) is 38.6 Å². The third-order valence-corrected chi connectivity index (χ3v) is 9.41. The highest BCUT2D eigenvalue weighted by Crippen LogP contribution is 2.33. The molecule has 1 atom stereocenters. The highest BCUT2D eigenvalue weighted by Gasteiger charge is 2.42. The van der Waals surface area contributed by atoms with Crippen LogP contribution in [0.15, 0.2) is 47.4 Å². The van der Waals surface area contributed by atoms with Gasteiger partial charge in [0.05, 0.1) is 15.1 Å². The van der Waals surface area contributed by atoms with Gasteiger partial charge in [0, 0.05) is 13.1 Å². The first kappa shape index (κ1) is 25.8. The summed E-state index contributed by atoms with van der Waals surface area (Å²) in [7, 11) is 0.234. The van der Waals surface area contributed by atoms with Crippen molar-refractivity contribution >= 4 is 42.6 Å². The van der Waals surface area contributed by atoms with Gasteiger partial charge < -0.3 is 4.90 Å². The van der Waals surface area contributed by atoms with Crippen molar-refractivity contribution in [2.24, 2.45) is 0 Å². The van der Waals surface area contributed by atoms with Gasteiger partial charge in [0.1, 0.15) is 6.04 Å². The van der Waals surface area contributed by atoms with Crippen LogP contribution in [-0.4, -0.2) is 68.3 Å². The van der Waals surface area contributed by atoms with E-state index in [1.165, 1.54) is 21.2 Å². The van der Waals surface area contributed by atoms with E-state index in [4.69, 9.17) is 4.98 Å². The minimum Gasteiger partial charge on any atom is -0.309 e. The van der Waals surface area contributed by atoms with Gasteiger partial charge in [-0.15, -0.1) is 0 Å². The molecule has 2 aromatic carbocycles. The van der Waals surface area contributed by atoms with Crippen molar-refractivity contribution in [1.82, 2.24) is 14.2 Å². The maximum absolute atomic E-state index is 13.9. The van der Waals surface area contributed by atoms with Crippen molar-refractivity contribution in [3.05, 3.63) is 53.6 Å². The monoisotopic (exact) mass is 514 g/mol. The number of hydrogen-bond donors (Lipinski definition) is 0. The lowest BCUT2D eigenvalue weighted by atomic mass is 10.2. The SMILES string of the molecule is CCc1ccc2nc(N(CCCN(C)C)C(=O)C3CCCN3S(=O)(=O)c3ccc(C)cc3)sc2c1. The van der Waals surface area contributed by atoms with Crippen LogP contribution < -0.4 is 4.90 Å². The summed E-state index contributed by atoms with van der Waals surface area (Å²) in [6.45, 7) is 5.70. The van der Waals surface area contributed by atoms with Crippen LogP contribution in [0.1, 0.15) is 37.3 Å². The van der Waals surface area contributed by atoms with Crippen LogP contribution >= 0.6 is 11.3 Å². The number of thiazole rings is 1. The number of carbonyl (C=O) groups excluding carboxylic acids is 1. The molecule has 1 aliphatic heterocycles. The molecule has 1 aromatic heterocycles. The van der Waals surface area contributed by atoms with Crippen LogP contribution in [-0.2, 0) is 21.2 Å². The fourth-order valence-electron chi connectivity index (χ4n) is 4.44. The Morgan fingerprint density at radius 2 is 1.89 bits per heavy atom. The third kappa shape index (κ3) is 5.58. The van der Waals surface area contributed by atoms with Gasteiger partial charge in [0.2, 0.25) is 15.9 Å². The molecule has 1 unspecified atom stereocenters. The zero-order valence-corrected chi connectivity index (χ0v) is 22.5. The van der Waals surface area contributed by atoms with E-state index in [1.807, 2.05) is 27.1 Å². The highest BCUT2D eigenvalue weighted by molar-refractivity contribution is 7.89. The lowest BCUT2D eigenvalue weighted by molar-refractivity contribution is -0.121. The van der Waals surface area contributed by atoms with Crippen molar-refractivity contribution in [3.63, 3.8) is 0 Å². The van der Waals surface area contributed by atoms with Gasteiger partial charge in [-0.1, -0.05) is 42.0 Å². The number of aromatic nitrogens is 1. The molecule has 0 bridgehead atoms. The molecule has 188 valence electrons. The fourth-order valence-corrected chi connectivity index (χ4v) is 7.15. The Hall–Kier alpha value is -2.33. The minimum atomic E-state index is -3.77. The van der Waals surface area contributed by atoms with Crippen LogP contribution in [0, 0.1) is 6.92 Å². The second kappa shape index (κ2) is 10.7. The second-order valence-electron chi connectivity index (χ2n) is 9.39. The molecule has 4 rings (SSSR count). The van der Waals surface area contributed by atoms with Crippen LogP contribution in [0.2, 0.25) is 0 Å². The van der Waals surface area contributed by atoms with Crippen molar-refractivity contribution in [1.29, 1.82) is 0 Å². The number of aryl methyl sites for hydroxylation is 2. The maximum atomic E-state index is 13.9. The quantitative estimate of drug-likeness (QED) is 0.426. The first-order valence-electron chi connectivity index (χ1n) is 12.1.